The fourth-order valence-corrected chi connectivity index (χ4v) is 3.19. The number of hydrogen-bond acceptors (Lipinski definition) is 3. The van der Waals surface area contributed by atoms with Crippen LogP contribution in [0.1, 0.15) is 21.6 Å². The highest BCUT2D eigenvalue weighted by molar-refractivity contribution is 7.98. The lowest BCUT2D eigenvalue weighted by Crippen LogP contribution is -2.02. The van der Waals surface area contributed by atoms with E-state index >= 15 is 0 Å². The molecule has 0 aliphatic carbocycles. The van der Waals surface area contributed by atoms with Gasteiger partial charge in [0.1, 0.15) is 10.7 Å². The third kappa shape index (κ3) is 2.78. The SMILES string of the molecule is Cc1cccc(CSc2nc3ccccn3c2C(=O)O)c1. The first-order valence-electron chi connectivity index (χ1n) is 6.54. The summed E-state index contributed by atoms with van der Waals surface area (Å²) in [4.78, 5) is 15.9. The average Bonchev–Trinajstić information content (AvgIpc) is 2.83. The largest absolute Gasteiger partial charge is 0.476 e. The molecule has 1 N–H and O–H groups in total. The predicted molar refractivity (Wildman–Crippen MR) is 82.9 cm³/mol. The van der Waals surface area contributed by atoms with E-state index in [4.69, 9.17) is 0 Å². The van der Waals surface area contributed by atoms with E-state index < -0.39 is 5.97 Å². The van der Waals surface area contributed by atoms with Crippen molar-refractivity contribution in [3.63, 3.8) is 0 Å². The smallest absolute Gasteiger partial charge is 0.355 e. The van der Waals surface area contributed by atoms with E-state index in [1.807, 2.05) is 37.3 Å². The molecule has 4 nitrogen and oxygen atoms in total. The summed E-state index contributed by atoms with van der Waals surface area (Å²) in [6.07, 6.45) is 1.72. The number of aromatic nitrogens is 2. The zero-order chi connectivity index (χ0) is 14.8. The van der Waals surface area contributed by atoms with Crippen molar-refractivity contribution in [2.24, 2.45) is 0 Å². The Balaban J connectivity index is 1.93. The maximum Gasteiger partial charge on any atom is 0.355 e. The van der Waals surface area contributed by atoms with Crippen molar-refractivity contribution in [3.05, 3.63) is 65.5 Å². The lowest BCUT2D eigenvalue weighted by atomic mass is 10.2. The molecule has 21 heavy (non-hydrogen) atoms. The summed E-state index contributed by atoms with van der Waals surface area (Å²) in [5.41, 5.74) is 3.24. The van der Waals surface area contributed by atoms with Crippen molar-refractivity contribution in [2.45, 2.75) is 17.7 Å². The molecule has 0 saturated heterocycles. The van der Waals surface area contributed by atoms with E-state index in [2.05, 4.69) is 11.1 Å². The maximum absolute atomic E-state index is 11.5. The Hall–Kier alpha value is -2.27. The van der Waals surface area contributed by atoms with Gasteiger partial charge in [0.05, 0.1) is 0 Å². The van der Waals surface area contributed by atoms with Gasteiger partial charge in [-0.15, -0.1) is 0 Å². The second-order valence-corrected chi connectivity index (χ2v) is 5.74. The minimum absolute atomic E-state index is 0.225. The number of carbonyl (C=O) groups is 1. The van der Waals surface area contributed by atoms with Crippen molar-refractivity contribution < 1.29 is 9.90 Å². The molecule has 0 unspecified atom stereocenters. The highest BCUT2D eigenvalue weighted by Gasteiger charge is 2.18. The number of thioether (sulfide) groups is 1. The van der Waals surface area contributed by atoms with Crippen LogP contribution in [0.4, 0.5) is 0 Å². The predicted octanol–water partition coefficient (Wildman–Crippen LogP) is 3.63. The molecule has 2 heterocycles. The van der Waals surface area contributed by atoms with E-state index in [0.29, 0.717) is 16.4 Å². The fraction of sp³-hybridized carbons (Fsp3) is 0.125. The zero-order valence-electron chi connectivity index (χ0n) is 11.5. The quantitative estimate of drug-likeness (QED) is 0.747. The zero-order valence-corrected chi connectivity index (χ0v) is 12.3. The Morgan fingerprint density at radius 2 is 2.14 bits per heavy atom. The van der Waals surface area contributed by atoms with Crippen LogP contribution in [-0.4, -0.2) is 20.5 Å². The topological polar surface area (TPSA) is 54.6 Å². The number of aromatic carboxylic acids is 1. The normalized spacial score (nSPS) is 10.9. The van der Waals surface area contributed by atoms with Gasteiger partial charge in [0.25, 0.3) is 0 Å². The second-order valence-electron chi connectivity index (χ2n) is 4.78. The first kappa shape index (κ1) is 13.7. The van der Waals surface area contributed by atoms with Crippen molar-refractivity contribution in [3.8, 4) is 0 Å². The number of fused-ring (bicyclic) bond motifs is 1. The van der Waals surface area contributed by atoms with Gasteiger partial charge in [0.2, 0.25) is 0 Å². The minimum atomic E-state index is -0.958. The van der Waals surface area contributed by atoms with Gasteiger partial charge >= 0.3 is 5.97 Å². The Morgan fingerprint density at radius 3 is 2.90 bits per heavy atom. The highest BCUT2D eigenvalue weighted by Crippen LogP contribution is 2.27. The van der Waals surface area contributed by atoms with Crippen LogP contribution in [0, 0.1) is 6.92 Å². The maximum atomic E-state index is 11.5. The number of imidazole rings is 1. The van der Waals surface area contributed by atoms with Gasteiger partial charge in [0, 0.05) is 11.9 Å². The van der Waals surface area contributed by atoms with Gasteiger partial charge in [-0.3, -0.25) is 4.40 Å². The molecule has 0 aliphatic heterocycles. The van der Waals surface area contributed by atoms with Crippen LogP contribution in [0.3, 0.4) is 0 Å². The molecule has 3 rings (SSSR count). The Kier molecular flexibility index (Phi) is 3.66. The molecule has 0 saturated carbocycles. The molecule has 0 amide bonds. The Bertz CT molecular complexity index is 811. The minimum Gasteiger partial charge on any atom is -0.476 e. The molecule has 2 aromatic heterocycles. The molecule has 0 bridgehead atoms. The van der Waals surface area contributed by atoms with Gasteiger partial charge in [-0.25, -0.2) is 9.78 Å². The van der Waals surface area contributed by atoms with E-state index in [1.54, 1.807) is 16.7 Å². The first-order chi connectivity index (χ1) is 10.1. The molecular weight excluding hydrogens is 284 g/mol. The third-order valence-electron chi connectivity index (χ3n) is 3.16. The number of carboxylic acids is 1. The Morgan fingerprint density at radius 1 is 1.29 bits per heavy atom. The monoisotopic (exact) mass is 298 g/mol. The number of benzene rings is 1. The van der Waals surface area contributed by atoms with Gasteiger partial charge in [-0.2, -0.15) is 0 Å². The molecule has 0 spiro atoms. The van der Waals surface area contributed by atoms with Gasteiger partial charge in [-0.05, 0) is 24.6 Å². The molecule has 0 atom stereocenters. The molecule has 0 aliphatic rings. The summed E-state index contributed by atoms with van der Waals surface area (Å²) in [5.74, 6) is -0.258. The summed E-state index contributed by atoms with van der Waals surface area (Å²) >= 11 is 1.45. The van der Waals surface area contributed by atoms with Crippen molar-refractivity contribution in [2.75, 3.05) is 0 Å². The summed E-state index contributed by atoms with van der Waals surface area (Å²) in [6, 6.07) is 13.6. The van der Waals surface area contributed by atoms with Gasteiger partial charge in [-0.1, -0.05) is 47.7 Å². The number of aryl methyl sites for hydroxylation is 1. The van der Waals surface area contributed by atoms with Crippen LogP contribution in [0.25, 0.3) is 5.65 Å². The number of hydrogen-bond donors (Lipinski definition) is 1. The van der Waals surface area contributed by atoms with Crippen LogP contribution in [0.5, 0.6) is 0 Å². The second kappa shape index (κ2) is 5.61. The van der Waals surface area contributed by atoms with Crippen LogP contribution in [0.2, 0.25) is 0 Å². The molecule has 5 heteroatoms. The van der Waals surface area contributed by atoms with Crippen LogP contribution < -0.4 is 0 Å². The van der Waals surface area contributed by atoms with E-state index in [1.165, 1.54) is 17.3 Å². The molecule has 0 fully saturated rings. The molecule has 106 valence electrons. The summed E-state index contributed by atoms with van der Waals surface area (Å²) in [6.45, 7) is 2.04. The van der Waals surface area contributed by atoms with Gasteiger partial charge < -0.3 is 5.11 Å². The van der Waals surface area contributed by atoms with Crippen LogP contribution >= 0.6 is 11.8 Å². The van der Waals surface area contributed by atoms with E-state index in [-0.39, 0.29) is 5.69 Å². The van der Waals surface area contributed by atoms with Crippen LogP contribution in [-0.2, 0) is 5.75 Å². The number of carboxylic acid groups (broad SMARTS) is 1. The molecule has 1 aromatic carbocycles. The van der Waals surface area contributed by atoms with E-state index in [0.717, 1.165) is 5.56 Å². The molecule has 0 radical (unpaired) electrons. The van der Waals surface area contributed by atoms with Gasteiger partial charge in [0.15, 0.2) is 5.69 Å². The summed E-state index contributed by atoms with van der Waals surface area (Å²) in [5, 5.41) is 9.97. The van der Waals surface area contributed by atoms with Crippen molar-refractivity contribution in [1.82, 2.24) is 9.38 Å². The molecule has 3 aromatic rings. The molecular formula is C16H14N2O2S. The summed E-state index contributed by atoms with van der Waals surface area (Å²) in [7, 11) is 0. The lowest BCUT2D eigenvalue weighted by Gasteiger charge is -2.02. The van der Waals surface area contributed by atoms with Crippen molar-refractivity contribution in [1.29, 1.82) is 0 Å². The first-order valence-corrected chi connectivity index (χ1v) is 7.52. The average molecular weight is 298 g/mol. The standard InChI is InChI=1S/C16H14N2O2S/c1-11-5-4-6-12(9-11)10-21-15-14(16(19)20)18-8-3-2-7-13(18)17-15/h2-9H,10H2,1H3,(H,19,20). The number of pyridine rings is 1. The lowest BCUT2D eigenvalue weighted by molar-refractivity contribution is 0.0685. The van der Waals surface area contributed by atoms with Crippen LogP contribution in [0.15, 0.2) is 53.7 Å². The summed E-state index contributed by atoms with van der Waals surface area (Å²) < 4.78 is 1.61. The highest BCUT2D eigenvalue weighted by atomic mass is 32.2. The number of rotatable bonds is 4. The number of nitrogens with zero attached hydrogens (tertiary/aromatic N) is 2. The van der Waals surface area contributed by atoms with E-state index in [9.17, 15) is 9.90 Å². The fourth-order valence-electron chi connectivity index (χ4n) is 2.22. The third-order valence-corrected chi connectivity index (χ3v) is 4.19. The van der Waals surface area contributed by atoms with Crippen molar-refractivity contribution >= 4 is 23.4 Å². The Labute approximate surface area is 126 Å².